The molecule has 0 aliphatic rings. The Labute approximate surface area is 97.3 Å². The Morgan fingerprint density at radius 3 is 2.76 bits per heavy atom. The van der Waals surface area contributed by atoms with Crippen LogP contribution < -0.4 is 5.32 Å². The van der Waals surface area contributed by atoms with E-state index in [9.17, 15) is 8.78 Å². The molecule has 0 fully saturated rings. The highest BCUT2D eigenvalue weighted by atomic mass is 19.1. The van der Waals surface area contributed by atoms with E-state index in [-0.39, 0.29) is 0 Å². The molecule has 2 aromatic rings. The number of hydrogen-bond acceptors (Lipinski definition) is 3. The lowest BCUT2D eigenvalue weighted by atomic mass is 10.2. The van der Waals surface area contributed by atoms with Gasteiger partial charge in [0.2, 0.25) is 0 Å². The van der Waals surface area contributed by atoms with E-state index in [0.717, 1.165) is 11.9 Å². The number of benzene rings is 1. The molecular weight excluding hydrogens is 226 g/mol. The lowest BCUT2D eigenvalue weighted by Crippen LogP contribution is -2.16. The molecule has 17 heavy (non-hydrogen) atoms. The Kier molecular flexibility index (Phi) is 3.43. The summed E-state index contributed by atoms with van der Waals surface area (Å²) in [5, 5.41) is 6.93. The first-order valence-corrected chi connectivity index (χ1v) is 5.14. The lowest BCUT2D eigenvalue weighted by molar-refractivity contribution is 0.553. The van der Waals surface area contributed by atoms with Crippen LogP contribution in [0.3, 0.4) is 0 Å². The molecule has 0 amide bonds. The minimum Gasteiger partial charge on any atom is -0.306 e. The molecule has 0 atom stereocenters. The van der Waals surface area contributed by atoms with Crippen molar-refractivity contribution in [2.24, 2.45) is 7.05 Å². The van der Waals surface area contributed by atoms with Gasteiger partial charge in [-0.3, -0.25) is 4.68 Å². The maximum atomic E-state index is 13.3. The number of nitrogens with one attached hydrogen (secondary N) is 1. The third-order valence-corrected chi connectivity index (χ3v) is 2.42. The summed E-state index contributed by atoms with van der Waals surface area (Å²) in [6.45, 7) is 0.798. The van der Waals surface area contributed by atoms with Crippen LogP contribution in [0.2, 0.25) is 0 Å². The number of hydrogen-bond donors (Lipinski definition) is 1. The fourth-order valence-electron chi connectivity index (χ4n) is 1.45. The predicted octanol–water partition coefficient (Wildman–Crippen LogP) is 1.38. The van der Waals surface area contributed by atoms with E-state index in [4.69, 9.17) is 0 Å². The molecule has 0 bridgehead atoms. The summed E-state index contributed by atoms with van der Waals surface area (Å²) in [5.74, 6) is -0.359. The quantitative estimate of drug-likeness (QED) is 0.875. The number of rotatable bonds is 4. The van der Waals surface area contributed by atoms with Gasteiger partial charge in [-0.2, -0.15) is 5.10 Å². The van der Waals surface area contributed by atoms with E-state index in [1.165, 1.54) is 18.5 Å². The molecule has 1 heterocycles. The molecule has 1 aromatic heterocycles. The molecule has 0 spiro atoms. The summed E-state index contributed by atoms with van der Waals surface area (Å²) in [5.41, 5.74) is 0.425. The second-order valence-corrected chi connectivity index (χ2v) is 3.64. The summed E-state index contributed by atoms with van der Waals surface area (Å²) in [4.78, 5) is 4.02. The molecule has 1 aromatic carbocycles. The largest absolute Gasteiger partial charge is 0.306 e. The Hall–Kier alpha value is -1.82. The monoisotopic (exact) mass is 238 g/mol. The van der Waals surface area contributed by atoms with Crippen molar-refractivity contribution in [3.63, 3.8) is 0 Å². The molecule has 1 N–H and O–H groups in total. The summed E-state index contributed by atoms with van der Waals surface area (Å²) < 4.78 is 27.6. The maximum Gasteiger partial charge on any atom is 0.140 e. The molecular formula is C11H12F2N4. The van der Waals surface area contributed by atoms with Gasteiger partial charge >= 0.3 is 0 Å². The van der Waals surface area contributed by atoms with Crippen molar-refractivity contribution in [3.05, 3.63) is 47.5 Å². The molecule has 0 aliphatic carbocycles. The van der Waals surface area contributed by atoms with Crippen molar-refractivity contribution in [3.8, 4) is 0 Å². The molecule has 0 saturated heterocycles. The number of aromatic nitrogens is 3. The van der Waals surface area contributed by atoms with Crippen LogP contribution >= 0.6 is 0 Å². The van der Waals surface area contributed by atoms with E-state index in [1.54, 1.807) is 11.7 Å². The van der Waals surface area contributed by atoms with Crippen molar-refractivity contribution in [1.82, 2.24) is 20.1 Å². The summed E-state index contributed by atoms with van der Waals surface area (Å²) >= 11 is 0. The van der Waals surface area contributed by atoms with Crippen LogP contribution in [0.15, 0.2) is 24.5 Å². The first kappa shape index (κ1) is 11.7. The fraction of sp³-hybridized carbons (Fsp3) is 0.273. The Balaban J connectivity index is 1.92. The van der Waals surface area contributed by atoms with E-state index < -0.39 is 11.6 Å². The Morgan fingerprint density at radius 2 is 2.12 bits per heavy atom. The SMILES string of the molecule is Cn1ncnc1CNCc1ccc(F)cc1F. The van der Waals surface area contributed by atoms with E-state index in [2.05, 4.69) is 15.4 Å². The van der Waals surface area contributed by atoms with Crippen molar-refractivity contribution >= 4 is 0 Å². The molecule has 0 aliphatic heterocycles. The first-order chi connectivity index (χ1) is 8.16. The highest BCUT2D eigenvalue weighted by Crippen LogP contribution is 2.09. The first-order valence-electron chi connectivity index (χ1n) is 5.14. The summed E-state index contributed by atoms with van der Waals surface area (Å²) in [7, 11) is 1.78. The summed E-state index contributed by atoms with van der Waals surface area (Å²) in [6.07, 6.45) is 1.45. The van der Waals surface area contributed by atoms with Gasteiger partial charge in [0.1, 0.15) is 23.8 Å². The van der Waals surface area contributed by atoms with Crippen LogP contribution in [-0.4, -0.2) is 14.8 Å². The third kappa shape index (κ3) is 2.85. The van der Waals surface area contributed by atoms with Crippen LogP contribution in [0.1, 0.15) is 11.4 Å². The molecule has 90 valence electrons. The number of aryl methyl sites for hydroxylation is 1. The van der Waals surface area contributed by atoms with Gasteiger partial charge < -0.3 is 5.32 Å². The van der Waals surface area contributed by atoms with Crippen molar-refractivity contribution in [1.29, 1.82) is 0 Å². The van der Waals surface area contributed by atoms with Gasteiger partial charge in [0.05, 0.1) is 6.54 Å². The molecule has 2 rings (SSSR count). The smallest absolute Gasteiger partial charge is 0.140 e. The highest BCUT2D eigenvalue weighted by molar-refractivity contribution is 5.18. The molecule has 0 unspecified atom stereocenters. The normalized spacial score (nSPS) is 10.8. The zero-order chi connectivity index (χ0) is 12.3. The average Bonchev–Trinajstić information content (AvgIpc) is 2.68. The van der Waals surface area contributed by atoms with Gasteiger partial charge in [-0.15, -0.1) is 0 Å². The van der Waals surface area contributed by atoms with Gasteiger partial charge in [0.25, 0.3) is 0 Å². The zero-order valence-corrected chi connectivity index (χ0v) is 9.32. The summed E-state index contributed by atoms with van der Waals surface area (Å²) in [6, 6.07) is 3.54. The molecule has 6 heteroatoms. The lowest BCUT2D eigenvalue weighted by Gasteiger charge is -2.05. The topological polar surface area (TPSA) is 42.7 Å². The van der Waals surface area contributed by atoms with Gasteiger partial charge in [-0.25, -0.2) is 13.8 Å². The number of halogens is 2. The van der Waals surface area contributed by atoms with Gasteiger partial charge in [-0.1, -0.05) is 6.07 Å². The molecule has 0 saturated carbocycles. The number of nitrogens with zero attached hydrogens (tertiary/aromatic N) is 3. The predicted molar refractivity (Wildman–Crippen MR) is 57.9 cm³/mol. The molecule has 4 nitrogen and oxygen atoms in total. The van der Waals surface area contributed by atoms with Crippen molar-refractivity contribution in [2.45, 2.75) is 13.1 Å². The van der Waals surface area contributed by atoms with Crippen molar-refractivity contribution in [2.75, 3.05) is 0 Å². The van der Waals surface area contributed by atoms with Gasteiger partial charge in [0.15, 0.2) is 0 Å². The van der Waals surface area contributed by atoms with Crippen LogP contribution in [0.5, 0.6) is 0 Å². The van der Waals surface area contributed by atoms with Crippen LogP contribution in [0.25, 0.3) is 0 Å². The standard InChI is InChI=1S/C11H12F2N4/c1-17-11(15-7-16-17)6-14-5-8-2-3-9(12)4-10(8)13/h2-4,7,14H,5-6H2,1H3. The van der Waals surface area contributed by atoms with E-state index >= 15 is 0 Å². The fourth-order valence-corrected chi connectivity index (χ4v) is 1.45. The molecule has 0 radical (unpaired) electrons. The van der Waals surface area contributed by atoms with E-state index in [1.807, 2.05) is 0 Å². The van der Waals surface area contributed by atoms with Crippen LogP contribution in [-0.2, 0) is 20.1 Å². The Morgan fingerprint density at radius 1 is 1.29 bits per heavy atom. The highest BCUT2D eigenvalue weighted by Gasteiger charge is 2.04. The zero-order valence-electron chi connectivity index (χ0n) is 9.32. The van der Waals surface area contributed by atoms with Crippen molar-refractivity contribution < 1.29 is 8.78 Å². The minimum absolute atomic E-state index is 0.318. The van der Waals surface area contributed by atoms with Crippen LogP contribution in [0.4, 0.5) is 8.78 Å². The maximum absolute atomic E-state index is 13.3. The second kappa shape index (κ2) is 5.01. The third-order valence-electron chi connectivity index (χ3n) is 2.42. The van der Waals surface area contributed by atoms with E-state index in [0.29, 0.717) is 18.7 Å². The minimum atomic E-state index is -0.570. The van der Waals surface area contributed by atoms with Gasteiger partial charge in [-0.05, 0) is 6.07 Å². The van der Waals surface area contributed by atoms with Gasteiger partial charge in [0, 0.05) is 25.2 Å². The average molecular weight is 238 g/mol. The second-order valence-electron chi connectivity index (χ2n) is 3.64. The van der Waals surface area contributed by atoms with Crippen LogP contribution in [0, 0.1) is 11.6 Å². The Bertz CT molecular complexity index is 510.